The molecule has 0 aliphatic carbocycles. The molecule has 2 aromatic rings. The Hall–Kier alpha value is -2.03. The maximum atomic E-state index is 11.8. The van der Waals surface area contributed by atoms with Crippen molar-refractivity contribution in [3.05, 3.63) is 53.8 Å². The predicted molar refractivity (Wildman–Crippen MR) is 53.0 cm³/mol. The zero-order chi connectivity index (χ0) is 9.97. The van der Waals surface area contributed by atoms with Crippen LogP contribution in [0.1, 0.15) is 15.9 Å². The number of rotatable bonds is 2. The summed E-state index contributed by atoms with van der Waals surface area (Å²) in [5, 5.41) is 0. The van der Waals surface area contributed by atoms with E-state index in [9.17, 15) is 4.79 Å². The maximum absolute atomic E-state index is 11.8. The summed E-state index contributed by atoms with van der Waals surface area (Å²) in [5.74, 6) is 0.0516. The zero-order valence-corrected chi connectivity index (χ0v) is 7.44. The van der Waals surface area contributed by atoms with Crippen molar-refractivity contribution >= 4 is 11.7 Å². The van der Waals surface area contributed by atoms with E-state index >= 15 is 0 Å². The number of furan rings is 1. The lowest BCUT2D eigenvalue weighted by molar-refractivity contribution is 0.103. The summed E-state index contributed by atoms with van der Waals surface area (Å²) < 4.78 is 4.86. The second kappa shape index (κ2) is 3.38. The summed E-state index contributed by atoms with van der Waals surface area (Å²) in [4.78, 5) is 11.8. The molecule has 1 aromatic carbocycles. The minimum absolute atomic E-state index is 0.114. The van der Waals surface area contributed by atoms with E-state index in [4.69, 9.17) is 10.2 Å². The lowest BCUT2D eigenvalue weighted by Crippen LogP contribution is -2.02. The van der Waals surface area contributed by atoms with Gasteiger partial charge < -0.3 is 10.2 Å². The molecule has 2 N–H and O–H groups in total. The second-order valence-electron chi connectivity index (χ2n) is 2.89. The minimum atomic E-state index is -0.114. The first-order chi connectivity index (χ1) is 6.79. The molecule has 0 aliphatic rings. The standard InChI is InChI=1S/C11H9NO2/c12-11-9(6-7-14-11)10(13)8-4-2-1-3-5-8/h1-7H,12H2. The number of benzene rings is 1. The summed E-state index contributed by atoms with van der Waals surface area (Å²) in [7, 11) is 0. The van der Waals surface area contributed by atoms with Crippen LogP contribution in [-0.4, -0.2) is 5.78 Å². The number of anilines is 1. The molecule has 0 spiro atoms. The highest BCUT2D eigenvalue weighted by atomic mass is 16.3. The maximum Gasteiger partial charge on any atom is 0.201 e. The summed E-state index contributed by atoms with van der Waals surface area (Å²) >= 11 is 0. The Labute approximate surface area is 81.1 Å². The van der Waals surface area contributed by atoms with Crippen molar-refractivity contribution in [2.75, 3.05) is 5.73 Å². The number of hydrogen-bond donors (Lipinski definition) is 1. The fourth-order valence-electron chi connectivity index (χ4n) is 1.25. The Morgan fingerprint density at radius 1 is 1.14 bits per heavy atom. The largest absolute Gasteiger partial charge is 0.448 e. The average molecular weight is 187 g/mol. The molecule has 0 radical (unpaired) electrons. The first kappa shape index (κ1) is 8.56. The van der Waals surface area contributed by atoms with Crippen molar-refractivity contribution in [3.63, 3.8) is 0 Å². The van der Waals surface area contributed by atoms with E-state index in [1.54, 1.807) is 18.2 Å². The molecular formula is C11H9NO2. The van der Waals surface area contributed by atoms with Crippen LogP contribution >= 0.6 is 0 Å². The normalized spacial score (nSPS) is 10.0. The topological polar surface area (TPSA) is 56.2 Å². The highest BCUT2D eigenvalue weighted by molar-refractivity contribution is 6.11. The first-order valence-electron chi connectivity index (χ1n) is 4.22. The minimum Gasteiger partial charge on any atom is -0.448 e. The summed E-state index contributed by atoms with van der Waals surface area (Å²) in [6.45, 7) is 0. The molecule has 0 saturated carbocycles. The number of carbonyl (C=O) groups is 1. The third kappa shape index (κ3) is 1.40. The van der Waals surface area contributed by atoms with Gasteiger partial charge in [-0.1, -0.05) is 30.3 Å². The zero-order valence-electron chi connectivity index (χ0n) is 7.44. The Morgan fingerprint density at radius 3 is 2.43 bits per heavy atom. The molecule has 0 atom stereocenters. The van der Waals surface area contributed by atoms with Gasteiger partial charge in [-0.15, -0.1) is 0 Å². The van der Waals surface area contributed by atoms with E-state index in [1.165, 1.54) is 6.26 Å². The van der Waals surface area contributed by atoms with Gasteiger partial charge in [-0.25, -0.2) is 0 Å². The Morgan fingerprint density at radius 2 is 1.86 bits per heavy atom. The monoisotopic (exact) mass is 187 g/mol. The van der Waals surface area contributed by atoms with Gasteiger partial charge in [0.15, 0.2) is 5.78 Å². The third-order valence-corrected chi connectivity index (χ3v) is 1.98. The number of nitrogen functional groups attached to an aromatic ring is 1. The molecule has 0 saturated heterocycles. The van der Waals surface area contributed by atoms with Crippen LogP contribution in [0.3, 0.4) is 0 Å². The van der Waals surface area contributed by atoms with Gasteiger partial charge in [0.1, 0.15) is 0 Å². The second-order valence-corrected chi connectivity index (χ2v) is 2.89. The molecule has 1 heterocycles. The van der Waals surface area contributed by atoms with Crippen molar-refractivity contribution in [1.29, 1.82) is 0 Å². The Kier molecular flexibility index (Phi) is 2.07. The van der Waals surface area contributed by atoms with Crippen LogP contribution in [-0.2, 0) is 0 Å². The van der Waals surface area contributed by atoms with Crippen LogP contribution in [0.15, 0.2) is 47.1 Å². The number of hydrogen-bond acceptors (Lipinski definition) is 3. The van der Waals surface area contributed by atoms with E-state index in [1.807, 2.05) is 18.2 Å². The van der Waals surface area contributed by atoms with Crippen LogP contribution in [0.4, 0.5) is 5.88 Å². The molecule has 3 heteroatoms. The van der Waals surface area contributed by atoms with Gasteiger partial charge in [0.05, 0.1) is 11.8 Å². The van der Waals surface area contributed by atoms with Crippen LogP contribution in [0, 0.1) is 0 Å². The Balaban J connectivity index is 2.39. The molecule has 70 valence electrons. The number of carbonyl (C=O) groups excluding carboxylic acids is 1. The molecule has 1 aromatic heterocycles. The van der Waals surface area contributed by atoms with Crippen LogP contribution < -0.4 is 5.73 Å². The van der Waals surface area contributed by atoms with Crippen molar-refractivity contribution in [3.8, 4) is 0 Å². The fourth-order valence-corrected chi connectivity index (χ4v) is 1.25. The van der Waals surface area contributed by atoms with Gasteiger partial charge in [-0.2, -0.15) is 0 Å². The van der Waals surface area contributed by atoms with E-state index in [2.05, 4.69) is 0 Å². The lowest BCUT2D eigenvalue weighted by Gasteiger charge is -1.97. The molecule has 0 amide bonds. The van der Waals surface area contributed by atoms with Crippen LogP contribution in [0.2, 0.25) is 0 Å². The predicted octanol–water partition coefficient (Wildman–Crippen LogP) is 2.09. The van der Waals surface area contributed by atoms with Gasteiger partial charge in [-0.3, -0.25) is 4.79 Å². The quantitative estimate of drug-likeness (QED) is 0.732. The molecular weight excluding hydrogens is 178 g/mol. The van der Waals surface area contributed by atoms with E-state index < -0.39 is 0 Å². The SMILES string of the molecule is Nc1occc1C(=O)c1ccccc1. The summed E-state index contributed by atoms with van der Waals surface area (Å²) in [5.41, 5.74) is 6.52. The number of nitrogens with two attached hydrogens (primary N) is 1. The first-order valence-corrected chi connectivity index (χ1v) is 4.22. The highest BCUT2D eigenvalue weighted by Crippen LogP contribution is 2.16. The van der Waals surface area contributed by atoms with Crippen molar-refractivity contribution in [2.45, 2.75) is 0 Å². The molecule has 0 fully saturated rings. The van der Waals surface area contributed by atoms with Crippen molar-refractivity contribution in [2.24, 2.45) is 0 Å². The smallest absolute Gasteiger partial charge is 0.201 e. The lowest BCUT2D eigenvalue weighted by atomic mass is 10.1. The molecule has 0 bridgehead atoms. The summed E-state index contributed by atoms with van der Waals surface area (Å²) in [6, 6.07) is 10.5. The van der Waals surface area contributed by atoms with Gasteiger partial charge >= 0.3 is 0 Å². The third-order valence-electron chi connectivity index (χ3n) is 1.98. The average Bonchev–Trinajstić information content (AvgIpc) is 2.65. The number of ketones is 1. The van der Waals surface area contributed by atoms with Crippen LogP contribution in [0.25, 0.3) is 0 Å². The van der Waals surface area contributed by atoms with Gasteiger partial charge in [0.25, 0.3) is 0 Å². The molecule has 0 unspecified atom stereocenters. The van der Waals surface area contributed by atoms with E-state index in [-0.39, 0.29) is 11.7 Å². The van der Waals surface area contributed by atoms with Crippen molar-refractivity contribution < 1.29 is 9.21 Å². The van der Waals surface area contributed by atoms with Gasteiger partial charge in [0.2, 0.25) is 5.88 Å². The fraction of sp³-hybridized carbons (Fsp3) is 0. The highest BCUT2D eigenvalue weighted by Gasteiger charge is 2.13. The molecule has 0 aliphatic heterocycles. The van der Waals surface area contributed by atoms with Crippen LogP contribution in [0.5, 0.6) is 0 Å². The molecule has 3 nitrogen and oxygen atoms in total. The van der Waals surface area contributed by atoms with Crippen molar-refractivity contribution in [1.82, 2.24) is 0 Å². The molecule has 14 heavy (non-hydrogen) atoms. The van der Waals surface area contributed by atoms with E-state index in [0.29, 0.717) is 11.1 Å². The van der Waals surface area contributed by atoms with E-state index in [0.717, 1.165) is 0 Å². The van der Waals surface area contributed by atoms with Gasteiger partial charge in [-0.05, 0) is 6.07 Å². The Bertz CT molecular complexity index is 445. The summed E-state index contributed by atoms with van der Waals surface area (Å²) in [6.07, 6.45) is 1.41. The van der Waals surface area contributed by atoms with Gasteiger partial charge in [0, 0.05) is 5.56 Å². The molecule has 2 rings (SSSR count).